The van der Waals surface area contributed by atoms with Gasteiger partial charge in [0.2, 0.25) is 0 Å². The van der Waals surface area contributed by atoms with Gasteiger partial charge in [0.15, 0.2) is 0 Å². The summed E-state index contributed by atoms with van der Waals surface area (Å²) in [6.45, 7) is 4.79. The summed E-state index contributed by atoms with van der Waals surface area (Å²) in [5.41, 5.74) is 0.305. The van der Waals surface area contributed by atoms with Gasteiger partial charge in [-0.05, 0) is 58.2 Å². The summed E-state index contributed by atoms with van der Waals surface area (Å²) in [5, 5.41) is 3.64. The van der Waals surface area contributed by atoms with Crippen LogP contribution in [-0.4, -0.2) is 49.8 Å². The topological polar surface area (TPSA) is 24.5 Å². The zero-order chi connectivity index (χ0) is 12.4. The average molecular weight is 252 g/mol. The van der Waals surface area contributed by atoms with E-state index in [0.717, 1.165) is 12.5 Å². The van der Waals surface area contributed by atoms with Gasteiger partial charge in [0.1, 0.15) is 0 Å². The lowest BCUT2D eigenvalue weighted by molar-refractivity contribution is -0.0352. The molecule has 2 aliphatic heterocycles. The van der Waals surface area contributed by atoms with E-state index >= 15 is 0 Å². The minimum atomic E-state index is 0.305. The van der Waals surface area contributed by atoms with E-state index in [-0.39, 0.29) is 0 Å². The van der Waals surface area contributed by atoms with Crippen molar-refractivity contribution in [3.8, 4) is 0 Å². The number of likely N-dealkylation sites (tertiary alicyclic amines) is 1. The standard InChI is InChI=1S/C15H28N2O/c1-17-9-5-13(12-17)10-16-11-14-4-8-15(18-14)6-2-3-7-15/h13-14,16H,2-12H2,1H3. The number of hydrogen-bond acceptors (Lipinski definition) is 3. The third-order valence-electron chi connectivity index (χ3n) is 5.15. The van der Waals surface area contributed by atoms with Gasteiger partial charge in [0.05, 0.1) is 11.7 Å². The van der Waals surface area contributed by atoms with Crippen LogP contribution >= 0.6 is 0 Å². The Kier molecular flexibility index (Phi) is 3.92. The van der Waals surface area contributed by atoms with Gasteiger partial charge in [-0.1, -0.05) is 12.8 Å². The maximum atomic E-state index is 6.32. The molecular weight excluding hydrogens is 224 g/mol. The van der Waals surface area contributed by atoms with Crippen LogP contribution in [0.25, 0.3) is 0 Å². The van der Waals surface area contributed by atoms with Crippen molar-refractivity contribution < 1.29 is 4.74 Å². The number of ether oxygens (including phenoxy) is 1. The number of nitrogens with zero attached hydrogens (tertiary/aromatic N) is 1. The summed E-state index contributed by atoms with van der Waals surface area (Å²) >= 11 is 0. The lowest BCUT2D eigenvalue weighted by Crippen LogP contribution is -2.34. The van der Waals surface area contributed by atoms with Crippen molar-refractivity contribution in [1.82, 2.24) is 10.2 Å². The second-order valence-corrected chi connectivity index (χ2v) is 6.74. The van der Waals surface area contributed by atoms with E-state index in [1.165, 1.54) is 64.6 Å². The van der Waals surface area contributed by atoms with Crippen LogP contribution in [0.4, 0.5) is 0 Å². The first-order valence-electron chi connectivity index (χ1n) is 7.83. The highest BCUT2D eigenvalue weighted by Gasteiger charge is 2.41. The maximum absolute atomic E-state index is 6.32. The van der Waals surface area contributed by atoms with Crippen LogP contribution in [-0.2, 0) is 4.74 Å². The van der Waals surface area contributed by atoms with E-state index in [1.54, 1.807) is 0 Å². The molecule has 18 heavy (non-hydrogen) atoms. The van der Waals surface area contributed by atoms with Crippen LogP contribution in [0.5, 0.6) is 0 Å². The van der Waals surface area contributed by atoms with E-state index in [9.17, 15) is 0 Å². The van der Waals surface area contributed by atoms with E-state index in [4.69, 9.17) is 4.74 Å². The predicted molar refractivity (Wildman–Crippen MR) is 73.8 cm³/mol. The summed E-state index contributed by atoms with van der Waals surface area (Å²) < 4.78 is 6.32. The van der Waals surface area contributed by atoms with Gasteiger partial charge < -0.3 is 15.0 Å². The third-order valence-corrected chi connectivity index (χ3v) is 5.15. The highest BCUT2D eigenvalue weighted by Crippen LogP contribution is 2.43. The second kappa shape index (κ2) is 5.48. The fourth-order valence-corrected chi connectivity index (χ4v) is 4.07. The van der Waals surface area contributed by atoms with Gasteiger partial charge in [0, 0.05) is 13.1 Å². The summed E-state index contributed by atoms with van der Waals surface area (Å²) in [6, 6.07) is 0. The fourth-order valence-electron chi connectivity index (χ4n) is 4.07. The van der Waals surface area contributed by atoms with Gasteiger partial charge in [-0.25, -0.2) is 0 Å². The molecule has 1 aliphatic carbocycles. The van der Waals surface area contributed by atoms with Crippen molar-refractivity contribution >= 4 is 0 Å². The van der Waals surface area contributed by atoms with Crippen LogP contribution in [0.1, 0.15) is 44.9 Å². The van der Waals surface area contributed by atoms with Crippen LogP contribution in [0.15, 0.2) is 0 Å². The minimum Gasteiger partial charge on any atom is -0.370 e. The zero-order valence-corrected chi connectivity index (χ0v) is 11.8. The molecule has 2 unspecified atom stereocenters. The molecule has 3 aliphatic rings. The summed E-state index contributed by atoms with van der Waals surface area (Å²) in [6.07, 6.45) is 9.83. The quantitative estimate of drug-likeness (QED) is 0.828. The molecule has 0 amide bonds. The van der Waals surface area contributed by atoms with Crippen LogP contribution < -0.4 is 5.32 Å². The first kappa shape index (κ1) is 12.9. The first-order valence-corrected chi connectivity index (χ1v) is 7.83. The molecule has 0 aromatic rings. The predicted octanol–water partition coefficient (Wildman–Crippen LogP) is 2.02. The summed E-state index contributed by atoms with van der Waals surface area (Å²) in [7, 11) is 2.23. The lowest BCUT2D eigenvalue weighted by Gasteiger charge is -2.24. The van der Waals surface area contributed by atoms with Gasteiger partial charge in [-0.2, -0.15) is 0 Å². The molecule has 0 bridgehead atoms. The van der Waals surface area contributed by atoms with Crippen molar-refractivity contribution in [3.05, 3.63) is 0 Å². The smallest absolute Gasteiger partial charge is 0.0708 e. The molecule has 0 radical (unpaired) electrons. The van der Waals surface area contributed by atoms with Crippen molar-refractivity contribution in [2.75, 3.05) is 33.2 Å². The van der Waals surface area contributed by atoms with Gasteiger partial charge in [-0.3, -0.25) is 0 Å². The van der Waals surface area contributed by atoms with Crippen LogP contribution in [0, 0.1) is 5.92 Å². The molecule has 1 saturated carbocycles. The molecule has 2 heterocycles. The Labute approximate surface area is 111 Å². The van der Waals surface area contributed by atoms with E-state index in [1.807, 2.05) is 0 Å². The molecule has 1 N–H and O–H groups in total. The maximum Gasteiger partial charge on any atom is 0.0708 e. The molecule has 3 rings (SSSR count). The zero-order valence-electron chi connectivity index (χ0n) is 11.8. The number of rotatable bonds is 4. The summed E-state index contributed by atoms with van der Waals surface area (Å²) in [5.74, 6) is 0.858. The highest BCUT2D eigenvalue weighted by molar-refractivity contribution is 4.93. The third kappa shape index (κ3) is 2.89. The van der Waals surface area contributed by atoms with E-state index in [0.29, 0.717) is 11.7 Å². The van der Waals surface area contributed by atoms with E-state index in [2.05, 4.69) is 17.3 Å². The molecule has 3 fully saturated rings. The molecule has 1 spiro atoms. The van der Waals surface area contributed by atoms with E-state index < -0.39 is 0 Å². The Morgan fingerprint density at radius 1 is 1.17 bits per heavy atom. The highest BCUT2D eigenvalue weighted by atomic mass is 16.5. The number of hydrogen-bond donors (Lipinski definition) is 1. The Morgan fingerprint density at radius 2 is 2.00 bits per heavy atom. The molecule has 3 heteroatoms. The van der Waals surface area contributed by atoms with Crippen molar-refractivity contribution in [1.29, 1.82) is 0 Å². The normalized spacial score (nSPS) is 35.8. The Bertz CT molecular complexity index is 276. The number of nitrogens with one attached hydrogen (secondary N) is 1. The van der Waals surface area contributed by atoms with Crippen LogP contribution in [0.2, 0.25) is 0 Å². The first-order chi connectivity index (χ1) is 8.76. The molecule has 3 nitrogen and oxygen atoms in total. The molecule has 0 aromatic heterocycles. The second-order valence-electron chi connectivity index (χ2n) is 6.74. The van der Waals surface area contributed by atoms with Gasteiger partial charge in [0.25, 0.3) is 0 Å². The SMILES string of the molecule is CN1CCC(CNCC2CCC3(CCCC3)O2)C1. The molecule has 0 aromatic carbocycles. The Morgan fingerprint density at radius 3 is 2.72 bits per heavy atom. The molecule has 2 atom stereocenters. The molecule has 2 saturated heterocycles. The average Bonchev–Trinajstić information content (AvgIpc) is 3.05. The van der Waals surface area contributed by atoms with Crippen molar-refractivity contribution in [2.24, 2.45) is 5.92 Å². The minimum absolute atomic E-state index is 0.305. The summed E-state index contributed by atoms with van der Waals surface area (Å²) in [4.78, 5) is 2.44. The lowest BCUT2D eigenvalue weighted by atomic mass is 9.98. The fraction of sp³-hybridized carbons (Fsp3) is 1.00. The Hall–Kier alpha value is -0.120. The van der Waals surface area contributed by atoms with Crippen LogP contribution in [0.3, 0.4) is 0 Å². The molecular formula is C15H28N2O. The van der Waals surface area contributed by atoms with Gasteiger partial charge >= 0.3 is 0 Å². The largest absolute Gasteiger partial charge is 0.370 e. The van der Waals surface area contributed by atoms with Gasteiger partial charge in [-0.15, -0.1) is 0 Å². The Balaban J connectivity index is 1.34. The molecule has 104 valence electrons. The van der Waals surface area contributed by atoms with Crippen molar-refractivity contribution in [2.45, 2.75) is 56.7 Å². The van der Waals surface area contributed by atoms with Crippen molar-refractivity contribution in [3.63, 3.8) is 0 Å². The monoisotopic (exact) mass is 252 g/mol.